The molecule has 0 saturated carbocycles. The minimum Gasteiger partial charge on any atom is -0.481 e. The van der Waals surface area contributed by atoms with Crippen LogP contribution in [0.4, 0.5) is 5.69 Å². The van der Waals surface area contributed by atoms with E-state index in [2.05, 4.69) is 11.4 Å². The van der Waals surface area contributed by atoms with Gasteiger partial charge in [-0.05, 0) is 68.0 Å². The molecule has 0 aliphatic heterocycles. The van der Waals surface area contributed by atoms with E-state index in [1.54, 1.807) is 19.1 Å². The van der Waals surface area contributed by atoms with E-state index in [1.807, 2.05) is 12.1 Å². The zero-order valence-electron chi connectivity index (χ0n) is 15.4. The maximum absolute atomic E-state index is 12.6. The van der Waals surface area contributed by atoms with Gasteiger partial charge in [0.2, 0.25) is 0 Å². The van der Waals surface area contributed by atoms with Crippen LogP contribution in [-0.4, -0.2) is 25.1 Å². The molecule has 27 heavy (non-hydrogen) atoms. The van der Waals surface area contributed by atoms with Crippen molar-refractivity contribution in [2.75, 3.05) is 12.4 Å². The number of hydrogen-bond donors (Lipinski definition) is 1. The lowest BCUT2D eigenvalue weighted by atomic mass is 9.91. The normalized spacial score (nSPS) is 14.0. The number of esters is 1. The van der Waals surface area contributed by atoms with Crippen molar-refractivity contribution in [3.05, 3.63) is 58.1 Å². The highest BCUT2D eigenvalue weighted by Crippen LogP contribution is 2.30. The third-order valence-corrected chi connectivity index (χ3v) is 5.00. The Kier molecular flexibility index (Phi) is 6.01. The fourth-order valence-electron chi connectivity index (χ4n) is 3.20. The number of carbonyl (C=O) groups is 2. The standard InChI is InChI=1S/C21H22ClNO4/c1-13(27-19-9-5-7-14-6-3-4-8-16(14)19)20(24)23-18-12-15(21(25)26-2)10-11-17(18)22/h5,7,9-13H,3-4,6,8H2,1-2H3,(H,23,24). The molecule has 1 aliphatic rings. The molecule has 1 N–H and O–H groups in total. The second-order valence-corrected chi connectivity index (χ2v) is 6.94. The monoisotopic (exact) mass is 387 g/mol. The van der Waals surface area contributed by atoms with Crippen LogP contribution in [0.15, 0.2) is 36.4 Å². The van der Waals surface area contributed by atoms with E-state index >= 15 is 0 Å². The molecule has 1 amide bonds. The molecule has 0 saturated heterocycles. The first-order valence-electron chi connectivity index (χ1n) is 8.95. The van der Waals surface area contributed by atoms with Crippen LogP contribution in [-0.2, 0) is 22.4 Å². The van der Waals surface area contributed by atoms with Crippen LogP contribution in [0, 0.1) is 0 Å². The van der Waals surface area contributed by atoms with Crippen molar-refractivity contribution < 1.29 is 19.1 Å². The first-order chi connectivity index (χ1) is 13.0. The topological polar surface area (TPSA) is 64.6 Å². The highest BCUT2D eigenvalue weighted by molar-refractivity contribution is 6.33. The molecule has 6 heteroatoms. The number of halogens is 1. The summed E-state index contributed by atoms with van der Waals surface area (Å²) in [6, 6.07) is 10.6. The molecule has 0 heterocycles. The first-order valence-corrected chi connectivity index (χ1v) is 9.33. The van der Waals surface area contributed by atoms with E-state index in [0.717, 1.165) is 25.0 Å². The molecule has 0 aromatic heterocycles. The third-order valence-electron chi connectivity index (χ3n) is 4.67. The molecule has 1 unspecified atom stereocenters. The van der Waals surface area contributed by atoms with Crippen LogP contribution in [0.3, 0.4) is 0 Å². The van der Waals surface area contributed by atoms with Crippen molar-refractivity contribution in [3.8, 4) is 5.75 Å². The van der Waals surface area contributed by atoms with E-state index in [9.17, 15) is 9.59 Å². The Morgan fingerprint density at radius 1 is 1.15 bits per heavy atom. The number of amides is 1. The zero-order valence-corrected chi connectivity index (χ0v) is 16.1. The predicted octanol–water partition coefficient (Wildman–Crippen LogP) is 4.41. The number of hydrogen-bond acceptors (Lipinski definition) is 4. The summed E-state index contributed by atoms with van der Waals surface area (Å²) in [4.78, 5) is 24.2. The van der Waals surface area contributed by atoms with Gasteiger partial charge in [-0.3, -0.25) is 4.79 Å². The summed E-state index contributed by atoms with van der Waals surface area (Å²) in [6.45, 7) is 1.69. The number of carbonyl (C=O) groups excluding carboxylic acids is 2. The van der Waals surface area contributed by atoms with Crippen molar-refractivity contribution in [2.45, 2.75) is 38.7 Å². The second kappa shape index (κ2) is 8.44. The number of aryl methyl sites for hydroxylation is 1. The molecular formula is C21H22ClNO4. The van der Waals surface area contributed by atoms with Gasteiger partial charge in [0.1, 0.15) is 5.75 Å². The summed E-state index contributed by atoms with van der Waals surface area (Å²) in [5, 5.41) is 3.06. The number of benzene rings is 2. The molecule has 0 fully saturated rings. The average Bonchev–Trinajstić information content (AvgIpc) is 2.69. The summed E-state index contributed by atoms with van der Waals surface area (Å²) in [7, 11) is 1.30. The minimum absolute atomic E-state index is 0.308. The van der Waals surface area contributed by atoms with Gasteiger partial charge in [0, 0.05) is 0 Å². The lowest BCUT2D eigenvalue weighted by molar-refractivity contribution is -0.122. The van der Waals surface area contributed by atoms with Crippen LogP contribution in [0.2, 0.25) is 5.02 Å². The number of nitrogens with one attached hydrogen (secondary N) is 1. The summed E-state index contributed by atoms with van der Waals surface area (Å²) in [5.41, 5.74) is 3.13. The maximum Gasteiger partial charge on any atom is 0.337 e. The number of methoxy groups -OCH3 is 1. The van der Waals surface area contributed by atoms with E-state index < -0.39 is 12.1 Å². The molecule has 2 aromatic rings. The molecule has 5 nitrogen and oxygen atoms in total. The van der Waals surface area contributed by atoms with Gasteiger partial charge >= 0.3 is 5.97 Å². The smallest absolute Gasteiger partial charge is 0.337 e. The zero-order chi connectivity index (χ0) is 19.4. The van der Waals surface area contributed by atoms with E-state index in [0.29, 0.717) is 16.3 Å². The second-order valence-electron chi connectivity index (χ2n) is 6.54. The molecule has 1 atom stereocenters. The molecule has 3 rings (SSSR count). The fraction of sp³-hybridized carbons (Fsp3) is 0.333. The molecule has 1 aliphatic carbocycles. The Bertz CT molecular complexity index is 865. The summed E-state index contributed by atoms with van der Waals surface area (Å²) in [6.07, 6.45) is 3.61. The van der Waals surface area contributed by atoms with Gasteiger partial charge in [-0.1, -0.05) is 23.7 Å². The lowest BCUT2D eigenvalue weighted by Crippen LogP contribution is -2.30. The Balaban J connectivity index is 1.73. The van der Waals surface area contributed by atoms with E-state index in [1.165, 1.54) is 30.7 Å². The Hall–Kier alpha value is -2.53. The molecule has 0 spiro atoms. The van der Waals surface area contributed by atoms with Gasteiger partial charge in [0.25, 0.3) is 5.91 Å². The van der Waals surface area contributed by atoms with E-state index in [4.69, 9.17) is 21.1 Å². The molecule has 0 radical (unpaired) electrons. The minimum atomic E-state index is -0.712. The van der Waals surface area contributed by atoms with Crippen LogP contribution >= 0.6 is 11.6 Å². The van der Waals surface area contributed by atoms with Gasteiger partial charge in [0.15, 0.2) is 6.10 Å². The fourth-order valence-corrected chi connectivity index (χ4v) is 3.37. The quantitative estimate of drug-likeness (QED) is 0.772. The molecule has 0 bridgehead atoms. The molecular weight excluding hydrogens is 366 g/mol. The van der Waals surface area contributed by atoms with Crippen molar-refractivity contribution in [2.24, 2.45) is 0 Å². The lowest BCUT2D eigenvalue weighted by Gasteiger charge is -2.22. The van der Waals surface area contributed by atoms with Crippen molar-refractivity contribution >= 4 is 29.2 Å². The number of rotatable bonds is 5. The summed E-state index contributed by atoms with van der Waals surface area (Å²) >= 11 is 6.14. The average molecular weight is 388 g/mol. The van der Waals surface area contributed by atoms with Crippen molar-refractivity contribution in [1.82, 2.24) is 0 Å². The van der Waals surface area contributed by atoms with Gasteiger partial charge < -0.3 is 14.8 Å². The van der Waals surface area contributed by atoms with Gasteiger partial charge in [-0.15, -0.1) is 0 Å². The SMILES string of the molecule is COC(=O)c1ccc(Cl)c(NC(=O)C(C)Oc2cccc3c2CCCC3)c1. The molecule has 142 valence electrons. The summed E-state index contributed by atoms with van der Waals surface area (Å²) in [5.74, 6) is -0.0843. The first kappa shape index (κ1) is 19.2. The maximum atomic E-state index is 12.6. The van der Waals surface area contributed by atoms with Crippen LogP contribution in [0.5, 0.6) is 5.75 Å². The Morgan fingerprint density at radius 2 is 1.93 bits per heavy atom. The highest BCUT2D eigenvalue weighted by Gasteiger charge is 2.20. The van der Waals surface area contributed by atoms with Crippen molar-refractivity contribution in [3.63, 3.8) is 0 Å². The highest BCUT2D eigenvalue weighted by atomic mass is 35.5. The van der Waals surface area contributed by atoms with Gasteiger partial charge in [0.05, 0.1) is 23.4 Å². The number of ether oxygens (including phenoxy) is 2. The summed E-state index contributed by atoms with van der Waals surface area (Å²) < 4.78 is 10.6. The third kappa shape index (κ3) is 4.42. The number of fused-ring (bicyclic) bond motifs is 1. The van der Waals surface area contributed by atoms with E-state index in [-0.39, 0.29) is 5.91 Å². The van der Waals surface area contributed by atoms with Gasteiger partial charge in [-0.25, -0.2) is 4.79 Å². The largest absolute Gasteiger partial charge is 0.481 e. The van der Waals surface area contributed by atoms with Crippen LogP contribution in [0.1, 0.15) is 41.3 Å². The Labute approximate surface area is 163 Å². The number of anilines is 1. The van der Waals surface area contributed by atoms with Gasteiger partial charge in [-0.2, -0.15) is 0 Å². The Morgan fingerprint density at radius 3 is 2.70 bits per heavy atom. The van der Waals surface area contributed by atoms with Crippen LogP contribution in [0.25, 0.3) is 0 Å². The van der Waals surface area contributed by atoms with Crippen molar-refractivity contribution in [1.29, 1.82) is 0 Å². The molecule has 2 aromatic carbocycles. The van der Waals surface area contributed by atoms with Crippen LogP contribution < -0.4 is 10.1 Å². The predicted molar refractivity (Wildman–Crippen MR) is 105 cm³/mol.